The summed E-state index contributed by atoms with van der Waals surface area (Å²) >= 11 is 0. The minimum atomic E-state index is -4.70. The summed E-state index contributed by atoms with van der Waals surface area (Å²) in [5.74, 6) is -2.47. The zero-order chi connectivity index (χ0) is 25.2. The van der Waals surface area contributed by atoms with E-state index in [-0.39, 0.29) is 28.9 Å². The fourth-order valence-electron chi connectivity index (χ4n) is 3.01. The van der Waals surface area contributed by atoms with Crippen molar-refractivity contribution in [2.24, 2.45) is 0 Å². The molecule has 4 rings (SSSR count). The Hall–Kier alpha value is -4.42. The van der Waals surface area contributed by atoms with Crippen LogP contribution in [0, 0.1) is 5.82 Å². The van der Waals surface area contributed by atoms with Crippen molar-refractivity contribution in [1.29, 1.82) is 0 Å². The van der Waals surface area contributed by atoms with Gasteiger partial charge in [-0.3, -0.25) is 4.79 Å². The summed E-state index contributed by atoms with van der Waals surface area (Å²) in [7, 11) is 0. The van der Waals surface area contributed by atoms with Gasteiger partial charge in [-0.2, -0.15) is 13.2 Å². The molecular formula is C22H17F4N7O2. The lowest BCUT2D eigenvalue weighted by Crippen LogP contribution is -2.15. The summed E-state index contributed by atoms with van der Waals surface area (Å²) in [5.41, 5.74) is 0.0849. The molecule has 0 spiro atoms. The third-order valence-corrected chi connectivity index (χ3v) is 4.65. The largest absolute Gasteiger partial charge is 0.454 e. The van der Waals surface area contributed by atoms with E-state index < -0.39 is 23.7 Å². The van der Waals surface area contributed by atoms with Gasteiger partial charge in [-0.05, 0) is 44.2 Å². The van der Waals surface area contributed by atoms with E-state index in [0.717, 1.165) is 24.5 Å². The molecule has 1 amide bonds. The Morgan fingerprint density at radius 1 is 1.09 bits per heavy atom. The molecule has 0 aliphatic rings. The first-order chi connectivity index (χ1) is 16.6. The number of alkyl halides is 3. The van der Waals surface area contributed by atoms with Crippen molar-refractivity contribution in [3.8, 4) is 23.0 Å². The second-order valence-corrected chi connectivity index (χ2v) is 7.50. The Morgan fingerprint density at radius 3 is 2.51 bits per heavy atom. The number of ether oxygens (including phenoxy) is 1. The number of hydrogen-bond acceptors (Lipinski definition) is 7. The Kier molecular flexibility index (Phi) is 6.40. The molecule has 4 aromatic rings. The fraction of sp³-hybridized carbons (Fsp3) is 0.182. The van der Waals surface area contributed by atoms with E-state index in [1.807, 2.05) is 13.8 Å². The van der Waals surface area contributed by atoms with Crippen LogP contribution in [-0.2, 0) is 6.18 Å². The molecule has 0 unspecified atom stereocenters. The van der Waals surface area contributed by atoms with Crippen LogP contribution in [0.3, 0.4) is 0 Å². The molecule has 0 fully saturated rings. The number of hydrogen-bond donors (Lipinski definition) is 1. The topological polar surface area (TPSA) is 108 Å². The molecule has 1 N–H and O–H groups in total. The van der Waals surface area contributed by atoms with Crippen LogP contribution in [0.25, 0.3) is 11.5 Å². The standard InChI is InChI=1S/C22H17F4N7O2/c1-12(2)33-11-29-32-19(33)17-4-3-5-18(30-17)31-20(34)15-8-13(6-7-16(15)23)35-14-9-27-21(28-10-14)22(24,25)26/h3-12H,1-2H3,(H,30,31,34). The lowest BCUT2D eigenvalue weighted by atomic mass is 10.2. The molecule has 35 heavy (non-hydrogen) atoms. The molecule has 3 aromatic heterocycles. The number of amides is 1. The van der Waals surface area contributed by atoms with Crippen LogP contribution in [-0.4, -0.2) is 35.6 Å². The number of aromatic nitrogens is 6. The third-order valence-electron chi connectivity index (χ3n) is 4.65. The lowest BCUT2D eigenvalue weighted by Gasteiger charge is -2.11. The second kappa shape index (κ2) is 9.44. The number of halogens is 4. The van der Waals surface area contributed by atoms with Crippen molar-refractivity contribution in [1.82, 2.24) is 29.7 Å². The molecule has 0 aliphatic heterocycles. The van der Waals surface area contributed by atoms with E-state index in [1.54, 1.807) is 23.0 Å². The average molecular weight is 487 g/mol. The van der Waals surface area contributed by atoms with Gasteiger partial charge in [0.2, 0.25) is 5.82 Å². The van der Waals surface area contributed by atoms with E-state index >= 15 is 0 Å². The van der Waals surface area contributed by atoms with Gasteiger partial charge in [0.25, 0.3) is 5.91 Å². The molecule has 13 heteroatoms. The molecule has 3 heterocycles. The highest BCUT2D eigenvalue weighted by Gasteiger charge is 2.34. The summed E-state index contributed by atoms with van der Waals surface area (Å²) in [6, 6.07) is 8.24. The molecule has 1 aromatic carbocycles. The number of benzene rings is 1. The van der Waals surface area contributed by atoms with Crippen LogP contribution in [0.15, 0.2) is 55.1 Å². The number of rotatable bonds is 6. The van der Waals surface area contributed by atoms with Crippen molar-refractivity contribution in [3.63, 3.8) is 0 Å². The van der Waals surface area contributed by atoms with Crippen molar-refractivity contribution in [2.75, 3.05) is 5.32 Å². The van der Waals surface area contributed by atoms with Crippen LogP contribution in [0.5, 0.6) is 11.5 Å². The predicted molar refractivity (Wildman–Crippen MR) is 115 cm³/mol. The molecular weight excluding hydrogens is 470 g/mol. The van der Waals surface area contributed by atoms with Crippen LogP contribution < -0.4 is 10.1 Å². The molecule has 180 valence electrons. The maximum Gasteiger partial charge on any atom is 0.451 e. The first kappa shape index (κ1) is 23.7. The summed E-state index contributed by atoms with van der Waals surface area (Å²) < 4.78 is 59.4. The Labute approximate surface area is 195 Å². The molecule has 0 aliphatic carbocycles. The van der Waals surface area contributed by atoms with E-state index in [0.29, 0.717) is 11.5 Å². The van der Waals surface area contributed by atoms with Gasteiger partial charge in [0, 0.05) is 6.04 Å². The molecule has 0 saturated carbocycles. The van der Waals surface area contributed by atoms with E-state index in [4.69, 9.17) is 4.74 Å². The minimum absolute atomic E-state index is 0.00773. The highest BCUT2D eigenvalue weighted by atomic mass is 19.4. The summed E-state index contributed by atoms with van der Waals surface area (Å²) in [5, 5.41) is 10.5. The molecule has 0 bridgehead atoms. The number of nitrogens with zero attached hydrogens (tertiary/aromatic N) is 6. The van der Waals surface area contributed by atoms with Gasteiger partial charge in [0.15, 0.2) is 11.6 Å². The van der Waals surface area contributed by atoms with Crippen molar-refractivity contribution in [2.45, 2.75) is 26.1 Å². The summed E-state index contributed by atoms with van der Waals surface area (Å²) in [6.45, 7) is 3.90. The Balaban J connectivity index is 1.52. The quantitative estimate of drug-likeness (QED) is 0.385. The second-order valence-electron chi connectivity index (χ2n) is 7.50. The number of nitrogens with one attached hydrogen (secondary N) is 1. The van der Waals surface area contributed by atoms with E-state index in [1.165, 1.54) is 12.1 Å². The lowest BCUT2D eigenvalue weighted by molar-refractivity contribution is -0.145. The Bertz CT molecular complexity index is 1350. The first-order valence-electron chi connectivity index (χ1n) is 10.2. The molecule has 9 nitrogen and oxygen atoms in total. The SMILES string of the molecule is CC(C)n1cnnc1-c1cccc(NC(=O)c2cc(Oc3cnc(C(F)(F)F)nc3)ccc2F)n1. The average Bonchev–Trinajstić information content (AvgIpc) is 3.31. The van der Waals surface area contributed by atoms with Crippen LogP contribution in [0.1, 0.15) is 36.1 Å². The van der Waals surface area contributed by atoms with Crippen LogP contribution in [0.2, 0.25) is 0 Å². The van der Waals surface area contributed by atoms with E-state index in [9.17, 15) is 22.4 Å². The molecule has 0 radical (unpaired) electrons. The number of carbonyl (C=O) groups excluding carboxylic acids is 1. The predicted octanol–water partition coefficient (Wildman–Crippen LogP) is 4.91. The van der Waals surface area contributed by atoms with Gasteiger partial charge in [0.05, 0.1) is 18.0 Å². The van der Waals surface area contributed by atoms with Gasteiger partial charge in [0.1, 0.15) is 29.4 Å². The van der Waals surface area contributed by atoms with Crippen molar-refractivity contribution in [3.05, 3.63) is 72.3 Å². The van der Waals surface area contributed by atoms with Crippen LogP contribution >= 0.6 is 0 Å². The molecule has 0 saturated heterocycles. The minimum Gasteiger partial charge on any atom is -0.454 e. The zero-order valence-electron chi connectivity index (χ0n) is 18.3. The summed E-state index contributed by atoms with van der Waals surface area (Å²) in [4.78, 5) is 23.5. The normalized spacial score (nSPS) is 11.5. The van der Waals surface area contributed by atoms with Crippen LogP contribution in [0.4, 0.5) is 23.4 Å². The molecule has 0 atom stereocenters. The zero-order valence-corrected chi connectivity index (χ0v) is 18.3. The van der Waals surface area contributed by atoms with Gasteiger partial charge in [-0.1, -0.05) is 6.07 Å². The number of pyridine rings is 1. The van der Waals surface area contributed by atoms with Gasteiger partial charge in [-0.25, -0.2) is 19.3 Å². The number of anilines is 1. The fourth-order valence-corrected chi connectivity index (χ4v) is 3.01. The monoisotopic (exact) mass is 487 g/mol. The third kappa shape index (κ3) is 5.39. The van der Waals surface area contributed by atoms with Gasteiger partial charge >= 0.3 is 6.18 Å². The smallest absolute Gasteiger partial charge is 0.451 e. The maximum atomic E-state index is 14.4. The first-order valence-corrected chi connectivity index (χ1v) is 10.2. The van der Waals surface area contributed by atoms with Crippen molar-refractivity contribution < 1.29 is 27.1 Å². The van der Waals surface area contributed by atoms with E-state index in [2.05, 4.69) is 30.5 Å². The van der Waals surface area contributed by atoms with Crippen molar-refractivity contribution >= 4 is 11.7 Å². The highest BCUT2D eigenvalue weighted by Crippen LogP contribution is 2.28. The maximum absolute atomic E-state index is 14.4. The van der Waals surface area contributed by atoms with Gasteiger partial charge in [-0.15, -0.1) is 10.2 Å². The summed E-state index contributed by atoms with van der Waals surface area (Å²) in [6.07, 6.45) is -1.49. The highest BCUT2D eigenvalue weighted by molar-refractivity contribution is 6.04. The van der Waals surface area contributed by atoms with Gasteiger partial charge < -0.3 is 14.6 Å². The Morgan fingerprint density at radius 2 is 1.83 bits per heavy atom. The number of carbonyl (C=O) groups is 1.